The molecule has 0 saturated heterocycles. The number of methoxy groups -OCH3 is 2. The fourth-order valence-corrected chi connectivity index (χ4v) is 2.57. The Hall–Kier alpha value is -1.46. The summed E-state index contributed by atoms with van der Waals surface area (Å²) in [5.74, 6) is 1.13. The van der Waals surface area contributed by atoms with E-state index in [9.17, 15) is 0 Å². The number of nitrogens with two attached hydrogens (primary N) is 2. The van der Waals surface area contributed by atoms with E-state index in [1.807, 2.05) is 12.1 Å². The molecule has 0 spiro atoms. The largest absolute Gasteiger partial charge is 0.495 e. The molecule has 22 heavy (non-hydrogen) atoms. The summed E-state index contributed by atoms with van der Waals surface area (Å²) in [5.41, 5.74) is 14.2. The average molecular weight is 341 g/mol. The monoisotopic (exact) mass is 340 g/mol. The standard InChI is InChI=1S/C16H18Cl2N2O2/c1-21-13-7-9(3-5-11(13)17)15(19)16(20)10-4-6-12(18)14(8-10)22-2/h3-8,15-16H,19-20H2,1-2H3. The summed E-state index contributed by atoms with van der Waals surface area (Å²) >= 11 is 12.1. The zero-order valence-corrected chi connectivity index (χ0v) is 13.9. The van der Waals surface area contributed by atoms with Crippen LogP contribution in [0.25, 0.3) is 0 Å². The van der Waals surface area contributed by atoms with E-state index in [1.165, 1.54) is 0 Å². The van der Waals surface area contributed by atoms with Crippen LogP contribution in [-0.2, 0) is 0 Å². The highest BCUT2D eigenvalue weighted by Crippen LogP contribution is 2.33. The maximum Gasteiger partial charge on any atom is 0.137 e. The average Bonchev–Trinajstić information content (AvgIpc) is 2.54. The van der Waals surface area contributed by atoms with Crippen LogP contribution < -0.4 is 20.9 Å². The molecule has 2 aromatic carbocycles. The zero-order valence-electron chi connectivity index (χ0n) is 12.3. The van der Waals surface area contributed by atoms with E-state index in [4.69, 9.17) is 44.1 Å². The third-order valence-corrected chi connectivity index (χ3v) is 4.13. The molecule has 6 heteroatoms. The second kappa shape index (κ2) is 7.20. The predicted octanol–water partition coefficient (Wildman–Crippen LogP) is 3.71. The van der Waals surface area contributed by atoms with Gasteiger partial charge in [0, 0.05) is 12.1 Å². The van der Waals surface area contributed by atoms with Crippen LogP contribution in [0.4, 0.5) is 0 Å². The molecule has 0 amide bonds. The van der Waals surface area contributed by atoms with Crippen LogP contribution in [0.15, 0.2) is 36.4 Å². The summed E-state index contributed by atoms with van der Waals surface area (Å²) in [6.45, 7) is 0. The summed E-state index contributed by atoms with van der Waals surface area (Å²) < 4.78 is 10.4. The Bertz CT molecular complexity index is 607. The molecule has 0 fully saturated rings. The van der Waals surface area contributed by atoms with Gasteiger partial charge in [0.2, 0.25) is 0 Å². The van der Waals surface area contributed by atoms with Gasteiger partial charge in [-0.1, -0.05) is 35.3 Å². The third kappa shape index (κ3) is 3.47. The second-order valence-corrected chi connectivity index (χ2v) is 5.65. The highest BCUT2D eigenvalue weighted by Gasteiger charge is 2.19. The van der Waals surface area contributed by atoms with Gasteiger partial charge < -0.3 is 20.9 Å². The van der Waals surface area contributed by atoms with Crippen molar-refractivity contribution in [3.8, 4) is 11.5 Å². The lowest BCUT2D eigenvalue weighted by atomic mass is 9.94. The van der Waals surface area contributed by atoms with Gasteiger partial charge in [-0.15, -0.1) is 0 Å². The Morgan fingerprint density at radius 2 is 1.14 bits per heavy atom. The van der Waals surface area contributed by atoms with Crippen molar-refractivity contribution in [2.45, 2.75) is 12.1 Å². The molecule has 0 aliphatic rings. The summed E-state index contributed by atoms with van der Waals surface area (Å²) in [7, 11) is 3.11. The molecule has 4 nitrogen and oxygen atoms in total. The SMILES string of the molecule is COc1cc(C(N)C(N)c2ccc(Cl)c(OC)c2)ccc1Cl. The van der Waals surface area contributed by atoms with E-state index < -0.39 is 12.1 Å². The molecular weight excluding hydrogens is 323 g/mol. The van der Waals surface area contributed by atoms with Gasteiger partial charge in [-0.3, -0.25) is 0 Å². The first kappa shape index (κ1) is 16.9. The first-order valence-electron chi connectivity index (χ1n) is 6.66. The topological polar surface area (TPSA) is 70.5 Å². The van der Waals surface area contributed by atoms with Crippen LogP contribution in [0.5, 0.6) is 11.5 Å². The van der Waals surface area contributed by atoms with Crippen molar-refractivity contribution < 1.29 is 9.47 Å². The summed E-state index contributed by atoms with van der Waals surface area (Å²) in [4.78, 5) is 0. The van der Waals surface area contributed by atoms with Gasteiger partial charge in [-0.25, -0.2) is 0 Å². The molecule has 2 atom stereocenters. The lowest BCUT2D eigenvalue weighted by Crippen LogP contribution is -2.26. The van der Waals surface area contributed by atoms with Crippen LogP contribution in [0.1, 0.15) is 23.2 Å². The molecule has 0 aliphatic heterocycles. The quantitative estimate of drug-likeness (QED) is 0.870. The molecule has 2 aromatic rings. The van der Waals surface area contributed by atoms with Gasteiger partial charge in [0.05, 0.1) is 24.3 Å². The Morgan fingerprint density at radius 1 is 0.773 bits per heavy atom. The third-order valence-electron chi connectivity index (χ3n) is 3.51. The van der Waals surface area contributed by atoms with Crippen LogP contribution in [-0.4, -0.2) is 14.2 Å². The van der Waals surface area contributed by atoms with Crippen molar-refractivity contribution in [3.63, 3.8) is 0 Å². The summed E-state index contributed by atoms with van der Waals surface area (Å²) in [6, 6.07) is 9.90. The molecule has 0 aliphatic carbocycles. The molecule has 118 valence electrons. The van der Waals surface area contributed by atoms with Gasteiger partial charge in [0.1, 0.15) is 11.5 Å². The van der Waals surface area contributed by atoms with Crippen molar-refractivity contribution in [1.82, 2.24) is 0 Å². The number of hydrogen-bond donors (Lipinski definition) is 2. The number of hydrogen-bond acceptors (Lipinski definition) is 4. The Morgan fingerprint density at radius 3 is 1.45 bits per heavy atom. The lowest BCUT2D eigenvalue weighted by Gasteiger charge is -2.22. The van der Waals surface area contributed by atoms with E-state index in [0.717, 1.165) is 11.1 Å². The van der Waals surface area contributed by atoms with E-state index in [0.29, 0.717) is 21.5 Å². The fourth-order valence-electron chi connectivity index (χ4n) is 2.18. The molecule has 0 saturated carbocycles. The molecule has 2 rings (SSSR count). The van der Waals surface area contributed by atoms with Gasteiger partial charge in [-0.2, -0.15) is 0 Å². The minimum atomic E-state index is -0.419. The van der Waals surface area contributed by atoms with Gasteiger partial charge in [0.15, 0.2) is 0 Å². The van der Waals surface area contributed by atoms with Crippen molar-refractivity contribution in [2.24, 2.45) is 11.5 Å². The van der Waals surface area contributed by atoms with Gasteiger partial charge in [0.25, 0.3) is 0 Å². The first-order chi connectivity index (χ1) is 10.5. The number of halogens is 2. The highest BCUT2D eigenvalue weighted by atomic mass is 35.5. The summed E-state index contributed by atoms with van der Waals surface area (Å²) in [6.07, 6.45) is 0. The van der Waals surface area contributed by atoms with E-state index in [-0.39, 0.29) is 0 Å². The van der Waals surface area contributed by atoms with E-state index in [1.54, 1.807) is 38.5 Å². The molecule has 2 unspecified atom stereocenters. The van der Waals surface area contributed by atoms with Crippen molar-refractivity contribution in [2.75, 3.05) is 14.2 Å². The van der Waals surface area contributed by atoms with Gasteiger partial charge >= 0.3 is 0 Å². The van der Waals surface area contributed by atoms with Crippen molar-refractivity contribution in [3.05, 3.63) is 57.6 Å². The Balaban J connectivity index is 2.30. The van der Waals surface area contributed by atoms with Crippen molar-refractivity contribution >= 4 is 23.2 Å². The number of benzene rings is 2. The van der Waals surface area contributed by atoms with Crippen molar-refractivity contribution in [1.29, 1.82) is 0 Å². The molecule has 4 N–H and O–H groups in total. The molecule has 0 heterocycles. The van der Waals surface area contributed by atoms with Crippen LogP contribution in [0, 0.1) is 0 Å². The van der Waals surface area contributed by atoms with Gasteiger partial charge in [-0.05, 0) is 35.4 Å². The minimum Gasteiger partial charge on any atom is -0.495 e. The van der Waals surface area contributed by atoms with E-state index in [2.05, 4.69) is 0 Å². The fraction of sp³-hybridized carbons (Fsp3) is 0.250. The van der Waals surface area contributed by atoms with Crippen LogP contribution in [0.2, 0.25) is 10.0 Å². The molecule has 0 bridgehead atoms. The maximum atomic E-state index is 6.28. The second-order valence-electron chi connectivity index (χ2n) is 4.84. The molecule has 0 radical (unpaired) electrons. The lowest BCUT2D eigenvalue weighted by molar-refractivity contribution is 0.412. The first-order valence-corrected chi connectivity index (χ1v) is 7.41. The zero-order chi connectivity index (χ0) is 16.3. The Kier molecular flexibility index (Phi) is 5.53. The van der Waals surface area contributed by atoms with Crippen LogP contribution in [0.3, 0.4) is 0 Å². The smallest absolute Gasteiger partial charge is 0.137 e. The normalized spacial score (nSPS) is 13.5. The maximum absolute atomic E-state index is 6.28. The predicted molar refractivity (Wildman–Crippen MR) is 89.9 cm³/mol. The molecule has 0 aromatic heterocycles. The minimum absolute atomic E-state index is 0.419. The number of ether oxygens (including phenoxy) is 2. The summed E-state index contributed by atoms with van der Waals surface area (Å²) in [5, 5.41) is 1.06. The Labute approximate surface area is 139 Å². The molecular formula is C16H18Cl2N2O2. The highest BCUT2D eigenvalue weighted by molar-refractivity contribution is 6.32. The number of rotatable bonds is 5. The van der Waals surface area contributed by atoms with Crippen LogP contribution >= 0.6 is 23.2 Å². The van der Waals surface area contributed by atoms with E-state index >= 15 is 0 Å².